The molecule has 0 saturated heterocycles. The summed E-state index contributed by atoms with van der Waals surface area (Å²) in [4.78, 5) is 2.37. The summed E-state index contributed by atoms with van der Waals surface area (Å²) in [5.41, 5.74) is 45.8. The van der Waals surface area contributed by atoms with Gasteiger partial charge < -0.3 is 22.9 Å². The fraction of sp³-hybridized carbons (Fsp3) is 0.0219. The maximum absolute atomic E-state index is 7.06. The Labute approximate surface area is 830 Å². The van der Waals surface area contributed by atoms with Crippen LogP contribution in [0.4, 0.5) is 17.1 Å². The van der Waals surface area contributed by atoms with Crippen LogP contribution in [0.3, 0.4) is 0 Å². The first-order chi connectivity index (χ1) is 70.7. The first-order valence-corrected chi connectivity index (χ1v) is 50.1. The van der Waals surface area contributed by atoms with Crippen LogP contribution in [-0.2, 0) is 5.41 Å². The Morgan fingerprint density at radius 2 is 0.580 bits per heavy atom. The third kappa shape index (κ3) is 12.7. The molecule has 0 fully saturated rings. The molecule has 0 N–H and O–H groups in total. The molecular weight excluding hydrogens is 1750 g/mol. The molecule has 0 aliphatic heterocycles. The molecule has 6 heteroatoms. The lowest BCUT2D eigenvalue weighted by molar-refractivity contribution is 0.635. The zero-order chi connectivity index (χ0) is 94.2. The van der Waals surface area contributed by atoms with Crippen LogP contribution in [0.5, 0.6) is 0 Å². The summed E-state index contributed by atoms with van der Waals surface area (Å²) < 4.78 is 21.6. The molecule has 0 spiro atoms. The van der Waals surface area contributed by atoms with Gasteiger partial charge in [0.1, 0.15) is 22.7 Å². The molecule has 0 amide bonds. The van der Waals surface area contributed by atoms with Gasteiger partial charge >= 0.3 is 0 Å². The predicted molar refractivity (Wildman–Crippen MR) is 602 cm³/mol. The maximum Gasteiger partial charge on any atom is 0.143 e. The molecule has 27 aromatic rings. The van der Waals surface area contributed by atoms with Gasteiger partial charge in [0, 0.05) is 120 Å². The minimum absolute atomic E-state index is 0.0793. The van der Waals surface area contributed by atoms with E-state index >= 15 is 0 Å². The molecule has 5 aromatic heterocycles. The van der Waals surface area contributed by atoms with E-state index in [4.69, 9.17) is 8.83 Å². The normalized spacial score (nSPS) is 12.5. The average Bonchev–Trinajstić information content (AvgIpc) is 1.53. The van der Waals surface area contributed by atoms with Crippen molar-refractivity contribution in [2.45, 2.75) is 19.3 Å². The van der Waals surface area contributed by atoms with Crippen molar-refractivity contribution in [3.8, 4) is 168 Å². The number of para-hydroxylation sites is 4. The van der Waals surface area contributed by atoms with Crippen LogP contribution in [0.1, 0.15) is 25.0 Å². The molecule has 0 radical (unpaired) electrons. The standard InChI is InChI=1S/C57H39NO.C48H29NO.C32H19NS/c1-57(2)51-23-13-12-21-47(51)48-33-32-42(35-52(48)57)58(40-15-4-3-5-16-40)41-30-28-37(29-31-41)36-24-26-38(27-25-36)55-53-49-22-11-10-19-45(49)44-18-8-9-20-46(44)50-34-39-14-6-7-17-43(39)56(59-55)54(50)53;1-2-12-35-33(11-1)29-42-38-15-4-3-13-36(38)37-14-5-6-18-41(37)45-46(42)48(35)50-47(45)32-23-21-30(22-24-32)31-25-27-34(28-26-31)49-43-19-9-7-16-39(43)40-17-8-10-20-44(40)49;1-3-10-20(11-4-1)32-31-24-16-9-19-27-30(24)29-23(15-8-18-26(29)34-27)22-14-7-17-25(28(22)31)33(32)21-12-5-2-6-13-21/h3-35H,1-2H3;1-29H;1-19H. The first kappa shape index (κ1) is 81.9. The highest BCUT2D eigenvalue weighted by Crippen LogP contribution is 2.60. The van der Waals surface area contributed by atoms with Crippen molar-refractivity contribution in [1.29, 1.82) is 0 Å². The van der Waals surface area contributed by atoms with Crippen molar-refractivity contribution < 1.29 is 8.83 Å². The van der Waals surface area contributed by atoms with Crippen LogP contribution in [-0.4, -0.2) is 9.13 Å². The first-order valence-electron chi connectivity index (χ1n) is 49.3. The topological polar surface area (TPSA) is 39.4 Å². The number of hydrogen-bond donors (Lipinski definition) is 0. The van der Waals surface area contributed by atoms with Crippen molar-refractivity contribution in [2.75, 3.05) is 4.90 Å². The van der Waals surface area contributed by atoms with E-state index < -0.39 is 0 Å². The van der Waals surface area contributed by atoms with E-state index in [0.29, 0.717) is 0 Å². The van der Waals surface area contributed by atoms with Crippen LogP contribution < -0.4 is 4.90 Å². The second-order valence-corrected chi connectivity index (χ2v) is 39.7. The second-order valence-electron chi connectivity index (χ2n) is 38.6. The van der Waals surface area contributed by atoms with E-state index in [-0.39, 0.29) is 5.41 Å². The minimum Gasteiger partial charge on any atom is -0.455 e. The van der Waals surface area contributed by atoms with Gasteiger partial charge in [-0.05, 0) is 236 Å². The van der Waals surface area contributed by atoms with E-state index in [2.05, 4.69) is 519 Å². The third-order valence-corrected chi connectivity index (χ3v) is 31.7. The quantitative estimate of drug-likeness (QED) is 0.137. The summed E-state index contributed by atoms with van der Waals surface area (Å²) in [6.45, 7) is 4.69. The van der Waals surface area contributed by atoms with Gasteiger partial charge in [-0.2, -0.15) is 0 Å². The molecule has 0 unspecified atom stereocenters. The molecule has 143 heavy (non-hydrogen) atoms. The Bertz CT molecular complexity index is 9850. The van der Waals surface area contributed by atoms with E-state index in [1.807, 2.05) is 11.3 Å². The van der Waals surface area contributed by atoms with E-state index in [1.165, 1.54) is 203 Å². The Balaban J connectivity index is 0.000000106. The zero-order valence-electron chi connectivity index (χ0n) is 78.3. The van der Waals surface area contributed by atoms with Gasteiger partial charge in [-0.25, -0.2) is 0 Å². The van der Waals surface area contributed by atoms with Gasteiger partial charge in [-0.3, -0.25) is 0 Å². The number of fused-ring (bicyclic) bond motifs is 22. The molecule has 4 aliphatic rings. The van der Waals surface area contributed by atoms with Crippen molar-refractivity contribution in [3.05, 3.63) is 503 Å². The summed E-state index contributed by atoms with van der Waals surface area (Å²) in [6.07, 6.45) is 0. The van der Waals surface area contributed by atoms with E-state index in [9.17, 15) is 0 Å². The minimum atomic E-state index is -0.0793. The molecular formula is C137H87N3O2S. The number of nitrogens with zero attached hydrogens (tertiary/aromatic N) is 3. The Kier molecular flexibility index (Phi) is 18.6. The van der Waals surface area contributed by atoms with Crippen LogP contribution in [0, 0.1) is 0 Å². The third-order valence-electron chi connectivity index (χ3n) is 30.5. The second kappa shape index (κ2) is 32.5. The van der Waals surface area contributed by atoms with Crippen LogP contribution in [0.25, 0.3) is 264 Å². The van der Waals surface area contributed by atoms with Gasteiger partial charge in [0.15, 0.2) is 0 Å². The molecule has 4 aliphatic carbocycles. The monoisotopic (exact) mass is 1840 g/mol. The SMILES string of the molecule is CC1(C)c2ccccc2-c2ccc(N(c3ccccc3)c3ccc(-c4ccc(-c5oc6c7c(cc8ccccc86)-c6ccccc6-c6ccccc6-c57)cc4)cc3)cc21.c1ccc(-c2c3c4c(cccc4n2-c2ccccc2)-c2cccc4sc5cccc-3c5c24)cc1.c1ccc2c(c1)-c1ccccc1-c1c(-c3ccc(-c4ccc(-n5c6ccccc6c6ccccc65)cc4)cc3)oc3c1c-2cc1ccccc13. The largest absolute Gasteiger partial charge is 0.455 e. The smallest absolute Gasteiger partial charge is 0.143 e. The van der Waals surface area contributed by atoms with Crippen molar-refractivity contribution in [3.63, 3.8) is 0 Å². The molecule has 0 saturated carbocycles. The molecule has 0 bridgehead atoms. The summed E-state index contributed by atoms with van der Waals surface area (Å²) >= 11 is 1.90. The lowest BCUT2D eigenvalue weighted by Crippen LogP contribution is -2.16. The molecule has 5 heterocycles. The van der Waals surface area contributed by atoms with E-state index in [0.717, 1.165) is 89.6 Å². The van der Waals surface area contributed by atoms with Gasteiger partial charge in [0.05, 0.1) is 22.2 Å². The Morgan fingerprint density at radius 1 is 0.217 bits per heavy atom. The molecule has 5 nitrogen and oxygen atoms in total. The Morgan fingerprint density at radius 3 is 1.12 bits per heavy atom. The number of thiophene rings is 1. The lowest BCUT2D eigenvalue weighted by atomic mass is 9.82. The average molecular weight is 1840 g/mol. The highest BCUT2D eigenvalue weighted by Gasteiger charge is 2.38. The van der Waals surface area contributed by atoms with E-state index in [1.54, 1.807) is 0 Å². The maximum atomic E-state index is 7.06. The fourth-order valence-corrected chi connectivity index (χ4v) is 25.3. The highest BCUT2D eigenvalue weighted by atomic mass is 32.1. The van der Waals surface area contributed by atoms with Crippen molar-refractivity contribution >= 4 is 125 Å². The number of anilines is 3. The molecule has 22 aromatic carbocycles. The van der Waals surface area contributed by atoms with Gasteiger partial charge in [-0.15, -0.1) is 11.3 Å². The summed E-state index contributed by atoms with van der Waals surface area (Å²) in [7, 11) is 0. The number of benzene rings is 22. The number of hydrogen-bond acceptors (Lipinski definition) is 4. The van der Waals surface area contributed by atoms with Crippen LogP contribution >= 0.6 is 11.3 Å². The summed E-state index contributed by atoms with van der Waals surface area (Å²) in [5, 5.41) is 13.7. The summed E-state index contributed by atoms with van der Waals surface area (Å²) in [6, 6.07) is 179. The Hall–Kier alpha value is -18.2. The fourth-order valence-electron chi connectivity index (χ4n) is 24.1. The van der Waals surface area contributed by atoms with Crippen LogP contribution in [0.15, 0.2) is 500 Å². The molecule has 0 atom stereocenters. The lowest BCUT2D eigenvalue weighted by Gasteiger charge is -2.28. The van der Waals surface area contributed by atoms with Gasteiger partial charge in [-0.1, -0.05) is 402 Å². The van der Waals surface area contributed by atoms with Crippen molar-refractivity contribution in [2.24, 2.45) is 0 Å². The van der Waals surface area contributed by atoms with Crippen molar-refractivity contribution in [1.82, 2.24) is 9.13 Å². The number of furan rings is 2. The summed E-state index contributed by atoms with van der Waals surface area (Å²) in [5.74, 6) is 1.81. The zero-order valence-corrected chi connectivity index (χ0v) is 79.1. The predicted octanol–water partition coefficient (Wildman–Crippen LogP) is 38.7. The number of aromatic nitrogens is 2. The molecule has 668 valence electrons. The number of rotatable bonds is 10. The highest BCUT2D eigenvalue weighted by molar-refractivity contribution is 7.26. The van der Waals surface area contributed by atoms with Gasteiger partial charge in [0.2, 0.25) is 0 Å². The van der Waals surface area contributed by atoms with Gasteiger partial charge in [0.25, 0.3) is 0 Å². The van der Waals surface area contributed by atoms with Crippen LogP contribution in [0.2, 0.25) is 0 Å². The molecule has 31 rings (SSSR count).